The molecular weight excluding hydrogens is 1150 g/mol. The largest absolute Gasteiger partial charge is 0.505 e. The van der Waals surface area contributed by atoms with Gasteiger partial charge in [-0.2, -0.15) is 53.0 Å². The van der Waals surface area contributed by atoms with Crippen LogP contribution >= 0.6 is 11.3 Å². The van der Waals surface area contributed by atoms with E-state index in [2.05, 4.69) is 40.8 Å². The number of hydrogen-bond acceptors (Lipinski definition) is 25. The number of fused-ring (bicyclic) bond motifs is 2. The van der Waals surface area contributed by atoms with Crippen molar-refractivity contribution in [3.8, 4) is 34.3 Å². The zero-order valence-corrected chi connectivity index (χ0v) is 43.8. The third-order valence-corrected chi connectivity index (χ3v) is 14.5. The van der Waals surface area contributed by atoms with Crippen molar-refractivity contribution in [2.45, 2.75) is 28.0 Å². The molecule has 0 aliphatic carbocycles. The molecule has 0 radical (unpaired) electrons. The number of aryl methyl sites for hydroxylation is 1. The van der Waals surface area contributed by atoms with Crippen molar-refractivity contribution in [2.75, 3.05) is 12.4 Å². The van der Waals surface area contributed by atoms with Gasteiger partial charge in [0.1, 0.15) is 38.3 Å². The highest BCUT2D eigenvalue weighted by Gasteiger charge is 2.28. The van der Waals surface area contributed by atoms with Gasteiger partial charge in [0, 0.05) is 22.4 Å². The maximum Gasteiger partial charge on any atom is 0.425 e. The van der Waals surface area contributed by atoms with Crippen molar-refractivity contribution in [1.29, 1.82) is 0 Å². The van der Waals surface area contributed by atoms with Crippen molar-refractivity contribution >= 4 is 123 Å². The molecule has 0 atom stereocenters. The lowest BCUT2D eigenvalue weighted by Crippen LogP contribution is -2.09. The van der Waals surface area contributed by atoms with Gasteiger partial charge in [0.2, 0.25) is 11.0 Å². The monoisotopic (exact) mass is 1190 g/mol. The Balaban J connectivity index is 0.00000133. The number of carbonyl (C=O) groups excluding carboxylic acids is 2. The number of phenolic OH excluding ortho intramolecular Hbond substituents is 1. The van der Waals surface area contributed by atoms with E-state index in [4.69, 9.17) is 27.0 Å². The van der Waals surface area contributed by atoms with Crippen molar-refractivity contribution in [1.82, 2.24) is 14.8 Å². The molecule has 35 heteroatoms. The SMILES string of the molecule is Cc1cc(N=Nc2ccc3c(S(=O)(=O)O)c(N=Nc4c(-c5ccccc5)nn(-c5ccc(S(=O)(=O)O)cc5S(=O)(=O)O)c4O)ccc3c2O)c(OCCCS(=O)(=O)O)cc1N=Nc1nc2ccccc2s1.O=C=O.O=S(=O)=O. The second kappa shape index (κ2) is 24.2. The van der Waals surface area contributed by atoms with Crippen LogP contribution in [0.2, 0.25) is 0 Å². The lowest BCUT2D eigenvalue weighted by molar-refractivity contribution is -0.191. The van der Waals surface area contributed by atoms with Crippen LogP contribution in [0.5, 0.6) is 17.4 Å². The predicted octanol–water partition coefficient (Wildman–Crippen LogP) is 8.08. The smallest absolute Gasteiger partial charge is 0.425 e. The lowest BCUT2D eigenvalue weighted by Gasteiger charge is -2.11. The fourth-order valence-corrected chi connectivity index (χ4v) is 10.2. The lowest BCUT2D eigenvalue weighted by atomic mass is 10.1. The van der Waals surface area contributed by atoms with Crippen LogP contribution in [0, 0.1) is 6.92 Å². The molecule has 6 N–H and O–H groups in total. The molecule has 0 bridgehead atoms. The molecule has 0 aliphatic heterocycles. The zero-order chi connectivity index (χ0) is 57.3. The second-order valence-corrected chi connectivity index (χ2v) is 22.4. The Morgan fingerprint density at radius 2 is 1.27 bits per heavy atom. The van der Waals surface area contributed by atoms with Gasteiger partial charge in [-0.1, -0.05) is 59.9 Å². The topological polar surface area (TPSA) is 457 Å². The van der Waals surface area contributed by atoms with E-state index in [0.29, 0.717) is 27.1 Å². The van der Waals surface area contributed by atoms with E-state index in [0.717, 1.165) is 28.4 Å². The fourth-order valence-electron chi connectivity index (χ4n) is 6.86. The highest BCUT2D eigenvalue weighted by Crippen LogP contribution is 2.45. The Bertz CT molecular complexity index is 4320. The first-order valence-corrected chi connectivity index (χ1v) is 28.7. The van der Waals surface area contributed by atoms with Crippen LogP contribution in [0.4, 0.5) is 33.6 Å². The number of hydrogen-bond donors (Lipinski definition) is 6. The molecule has 8 rings (SSSR count). The summed E-state index contributed by atoms with van der Waals surface area (Å²) in [5.41, 5.74) is -0.161. The van der Waals surface area contributed by atoms with Gasteiger partial charge in [-0.3, -0.25) is 18.2 Å². The van der Waals surface area contributed by atoms with Gasteiger partial charge in [-0.25, -0.2) is 4.98 Å². The van der Waals surface area contributed by atoms with Gasteiger partial charge < -0.3 is 14.9 Å². The van der Waals surface area contributed by atoms with E-state index in [-0.39, 0.29) is 58.3 Å². The molecular formula is C43H33N9O20S6. The van der Waals surface area contributed by atoms with Gasteiger partial charge >= 0.3 is 16.8 Å². The number of para-hydroxylation sites is 1. The molecule has 29 nitrogen and oxygen atoms in total. The molecule has 78 heavy (non-hydrogen) atoms. The summed E-state index contributed by atoms with van der Waals surface area (Å²) in [6.07, 6.45) is 0.141. The molecule has 6 aromatic carbocycles. The standard InChI is InChI=1S/C42H33N9O15S5.CO2.O3S/c1-23-20-32(34(66-18-7-19-68(54,55)56)22-31(23)46-49-42-43-28-10-5-6-11-35(28)67-42)47-44-29-15-14-27-26(39(29)52)13-16-30(40(27)71(63,64)65)45-48-38-37(24-8-3-2-4-9-24)50-51(41(38)53)33-17-12-25(69(57,58)59)21-36(33)70(60,61)62;2-1-3;1-4(2)3/h2-6,8-17,20-22,52-53H,7,18-19H2,1H3,(H,54,55,56)(H,57,58,59)(H,60,61,62)(H,63,64,65);;. The number of nitrogens with zero attached hydrogens (tertiary/aromatic N) is 9. The summed E-state index contributed by atoms with van der Waals surface area (Å²) < 4.78 is 169. The van der Waals surface area contributed by atoms with Crippen LogP contribution in [-0.2, 0) is 60.7 Å². The third-order valence-electron chi connectivity index (χ3n) is 10.1. The van der Waals surface area contributed by atoms with Crippen LogP contribution < -0.4 is 4.74 Å². The number of aromatic nitrogens is 3. The fraction of sp³-hybridized carbons (Fsp3) is 0.0930. The third kappa shape index (κ3) is 14.7. The Labute approximate surface area is 444 Å². The molecule has 0 amide bonds. The number of thiazole rings is 1. The normalized spacial score (nSPS) is 12.1. The van der Waals surface area contributed by atoms with Crippen LogP contribution in [0.15, 0.2) is 155 Å². The van der Waals surface area contributed by atoms with Crippen molar-refractivity contribution < 1.29 is 89.0 Å². The first kappa shape index (κ1) is 58.8. The maximum atomic E-state index is 13.0. The summed E-state index contributed by atoms with van der Waals surface area (Å²) in [6.45, 7) is 1.49. The molecule has 2 aromatic heterocycles. The summed E-state index contributed by atoms with van der Waals surface area (Å²) in [4.78, 5) is 17.8. The van der Waals surface area contributed by atoms with E-state index >= 15 is 0 Å². The molecule has 0 unspecified atom stereocenters. The molecule has 406 valence electrons. The number of aromatic hydroxyl groups is 2. The van der Waals surface area contributed by atoms with Crippen molar-refractivity contribution in [3.05, 3.63) is 115 Å². The highest BCUT2D eigenvalue weighted by molar-refractivity contribution is 7.87. The Morgan fingerprint density at radius 3 is 1.90 bits per heavy atom. The van der Waals surface area contributed by atoms with Crippen molar-refractivity contribution in [2.24, 2.45) is 30.7 Å². The number of azo groups is 3. The van der Waals surface area contributed by atoms with Crippen LogP contribution in [0.25, 0.3) is 37.9 Å². The summed E-state index contributed by atoms with van der Waals surface area (Å²) in [5, 5.41) is 52.1. The molecule has 2 heterocycles. The van der Waals surface area contributed by atoms with Gasteiger partial charge in [0.25, 0.3) is 40.5 Å². The Hall–Kier alpha value is -8.48. The first-order valence-electron chi connectivity index (χ1n) is 20.9. The van der Waals surface area contributed by atoms with E-state index in [1.165, 1.54) is 53.8 Å². The minimum Gasteiger partial charge on any atom is -0.505 e. The van der Waals surface area contributed by atoms with Crippen molar-refractivity contribution in [3.63, 3.8) is 0 Å². The van der Waals surface area contributed by atoms with Crippen LogP contribution in [0.3, 0.4) is 0 Å². The minimum absolute atomic E-state index is 0.0535. The molecule has 0 saturated carbocycles. The number of phenols is 1. The minimum atomic E-state index is -5.27. The molecule has 8 aromatic rings. The quantitative estimate of drug-likeness (QED) is 0.0302. The van der Waals surface area contributed by atoms with Gasteiger partial charge in [-0.15, -0.1) is 43.3 Å². The zero-order valence-electron chi connectivity index (χ0n) is 38.9. The van der Waals surface area contributed by atoms with Crippen LogP contribution in [0.1, 0.15) is 12.0 Å². The van der Waals surface area contributed by atoms with E-state index < -0.39 is 100 Å². The maximum absolute atomic E-state index is 13.0. The summed E-state index contributed by atoms with van der Waals surface area (Å²) in [5.74, 6) is -2.11. The van der Waals surface area contributed by atoms with E-state index in [1.807, 2.05) is 24.3 Å². The second-order valence-electron chi connectivity index (χ2n) is 15.2. The Kier molecular flexibility index (Phi) is 18.3. The van der Waals surface area contributed by atoms with Gasteiger partial charge in [0.05, 0.1) is 38.8 Å². The highest BCUT2D eigenvalue weighted by atomic mass is 32.2. The molecule has 0 aliphatic rings. The van der Waals surface area contributed by atoms with E-state index in [1.54, 1.807) is 25.1 Å². The predicted molar refractivity (Wildman–Crippen MR) is 270 cm³/mol. The first-order chi connectivity index (χ1) is 36.6. The number of rotatable bonds is 16. The Morgan fingerprint density at radius 1 is 0.667 bits per heavy atom. The average molecular weight is 1190 g/mol. The number of ether oxygens (including phenoxy) is 1. The van der Waals surface area contributed by atoms with Gasteiger partial charge in [0.15, 0.2) is 11.4 Å². The van der Waals surface area contributed by atoms with Crippen LogP contribution in [-0.4, -0.2) is 108 Å². The summed E-state index contributed by atoms with van der Waals surface area (Å²) in [6, 6.07) is 24.8. The summed E-state index contributed by atoms with van der Waals surface area (Å²) >= 11 is 1.31. The number of benzene rings is 6. The molecule has 0 fully saturated rings. The average Bonchev–Trinajstić information content (AvgIpc) is 3.97. The van der Waals surface area contributed by atoms with E-state index in [9.17, 15) is 62.1 Å². The molecule has 0 spiro atoms. The molecule has 0 saturated heterocycles. The van der Waals surface area contributed by atoms with Gasteiger partial charge in [-0.05, 0) is 73.5 Å². The summed E-state index contributed by atoms with van der Waals surface area (Å²) in [7, 11) is -22.9.